The van der Waals surface area contributed by atoms with Gasteiger partial charge in [-0.15, -0.1) is 0 Å². The van der Waals surface area contributed by atoms with Gasteiger partial charge in [-0.25, -0.2) is 4.98 Å². The van der Waals surface area contributed by atoms with Crippen LogP contribution in [0.1, 0.15) is 18.4 Å². The van der Waals surface area contributed by atoms with Crippen LogP contribution in [-0.4, -0.2) is 11.5 Å². The molecule has 0 aliphatic carbocycles. The molecule has 2 N–H and O–H groups in total. The molecule has 0 fully saturated rings. The van der Waals surface area contributed by atoms with E-state index in [0.717, 1.165) is 17.6 Å². The van der Waals surface area contributed by atoms with Crippen molar-refractivity contribution < 1.29 is 4.42 Å². The van der Waals surface area contributed by atoms with Crippen molar-refractivity contribution in [3.63, 3.8) is 0 Å². The molecule has 3 aromatic rings. The third kappa shape index (κ3) is 2.70. The minimum Gasteiger partial charge on any atom is -0.439 e. The lowest BCUT2D eigenvalue weighted by molar-refractivity contribution is 0.521. The molecule has 4 nitrogen and oxygen atoms in total. The second-order valence-electron chi connectivity index (χ2n) is 5.15. The number of anilines is 2. The Hall–Kier alpha value is -2.49. The van der Waals surface area contributed by atoms with Gasteiger partial charge in [0.15, 0.2) is 5.58 Å². The van der Waals surface area contributed by atoms with Gasteiger partial charge in [-0.05, 0) is 43.7 Å². The van der Waals surface area contributed by atoms with Crippen LogP contribution in [-0.2, 0) is 6.54 Å². The van der Waals surface area contributed by atoms with E-state index in [1.807, 2.05) is 18.2 Å². The van der Waals surface area contributed by atoms with Crippen LogP contribution in [0, 0.1) is 6.92 Å². The van der Waals surface area contributed by atoms with Crippen LogP contribution < -0.4 is 10.6 Å². The fourth-order valence-electron chi connectivity index (χ4n) is 2.46. The molecular weight excluding hydrogens is 262 g/mol. The Morgan fingerprint density at radius 2 is 2.00 bits per heavy atom. The van der Waals surface area contributed by atoms with E-state index in [-0.39, 0.29) is 0 Å². The first-order valence-electron chi connectivity index (χ1n) is 7.13. The van der Waals surface area contributed by atoms with Crippen molar-refractivity contribution in [3.8, 4) is 0 Å². The maximum absolute atomic E-state index is 5.93. The first-order valence-corrected chi connectivity index (χ1v) is 7.13. The minimum absolute atomic E-state index is 0.633. The fraction of sp³-hybridized carbons (Fsp3) is 0.235. The number of hydrogen-bond acceptors (Lipinski definition) is 4. The monoisotopic (exact) mass is 281 g/mol. The molecular formula is C17H19N3O. The SMILES string of the molecule is CCN(Cc1nc2c(N)cccc2o1)c1cccc(C)c1. The minimum atomic E-state index is 0.633. The van der Waals surface area contributed by atoms with Crippen molar-refractivity contribution in [1.29, 1.82) is 0 Å². The van der Waals surface area contributed by atoms with E-state index in [1.165, 1.54) is 11.3 Å². The standard InChI is InChI=1S/C17H19N3O/c1-3-20(13-7-4-6-12(2)10-13)11-16-19-17-14(18)8-5-9-15(17)21-16/h4-10H,3,11,18H2,1-2H3. The predicted molar refractivity (Wildman–Crippen MR) is 86.3 cm³/mol. The number of nitrogen functional groups attached to an aromatic ring is 1. The number of para-hydroxylation sites is 1. The van der Waals surface area contributed by atoms with Gasteiger partial charge in [-0.1, -0.05) is 18.2 Å². The molecule has 108 valence electrons. The van der Waals surface area contributed by atoms with E-state index in [4.69, 9.17) is 10.2 Å². The summed E-state index contributed by atoms with van der Waals surface area (Å²) in [5.74, 6) is 0.686. The summed E-state index contributed by atoms with van der Waals surface area (Å²) in [6.07, 6.45) is 0. The van der Waals surface area contributed by atoms with Gasteiger partial charge < -0.3 is 15.1 Å². The third-order valence-corrected chi connectivity index (χ3v) is 3.57. The quantitative estimate of drug-likeness (QED) is 0.740. The van der Waals surface area contributed by atoms with Crippen molar-refractivity contribution in [2.75, 3.05) is 17.2 Å². The van der Waals surface area contributed by atoms with Gasteiger partial charge in [0.05, 0.1) is 12.2 Å². The maximum Gasteiger partial charge on any atom is 0.215 e. The van der Waals surface area contributed by atoms with E-state index >= 15 is 0 Å². The second kappa shape index (κ2) is 5.48. The summed E-state index contributed by atoms with van der Waals surface area (Å²) in [7, 11) is 0. The van der Waals surface area contributed by atoms with Crippen LogP contribution in [0.5, 0.6) is 0 Å². The molecule has 0 bridgehead atoms. The smallest absolute Gasteiger partial charge is 0.215 e. The first kappa shape index (κ1) is 13.5. The second-order valence-corrected chi connectivity index (χ2v) is 5.15. The highest BCUT2D eigenvalue weighted by atomic mass is 16.3. The molecule has 0 unspecified atom stereocenters. The van der Waals surface area contributed by atoms with Gasteiger partial charge in [-0.2, -0.15) is 0 Å². The molecule has 0 saturated heterocycles. The number of nitrogens with two attached hydrogens (primary N) is 1. The molecule has 1 aromatic heterocycles. The molecule has 0 amide bonds. The summed E-state index contributed by atoms with van der Waals surface area (Å²) in [5.41, 5.74) is 10.5. The van der Waals surface area contributed by atoms with Crippen molar-refractivity contribution in [3.05, 3.63) is 53.9 Å². The van der Waals surface area contributed by atoms with Gasteiger partial charge in [0.25, 0.3) is 0 Å². The lowest BCUT2D eigenvalue weighted by atomic mass is 10.2. The third-order valence-electron chi connectivity index (χ3n) is 3.57. The lowest BCUT2D eigenvalue weighted by Gasteiger charge is -2.21. The zero-order valence-corrected chi connectivity index (χ0v) is 12.3. The number of fused-ring (bicyclic) bond motifs is 1. The highest BCUT2D eigenvalue weighted by Gasteiger charge is 2.12. The average molecular weight is 281 g/mol. The van der Waals surface area contributed by atoms with E-state index in [2.05, 4.69) is 48.0 Å². The average Bonchev–Trinajstić information content (AvgIpc) is 2.89. The van der Waals surface area contributed by atoms with Crippen LogP contribution >= 0.6 is 0 Å². The Morgan fingerprint density at radius 1 is 1.19 bits per heavy atom. The van der Waals surface area contributed by atoms with Crippen molar-refractivity contribution in [2.24, 2.45) is 0 Å². The normalized spacial score (nSPS) is 11.0. The molecule has 4 heteroatoms. The Kier molecular flexibility index (Phi) is 3.52. The zero-order chi connectivity index (χ0) is 14.8. The van der Waals surface area contributed by atoms with Gasteiger partial charge >= 0.3 is 0 Å². The molecule has 1 heterocycles. The Bertz CT molecular complexity index is 764. The Balaban J connectivity index is 1.90. The summed E-state index contributed by atoms with van der Waals surface area (Å²) in [4.78, 5) is 6.74. The molecule has 3 rings (SSSR count). The summed E-state index contributed by atoms with van der Waals surface area (Å²) in [5, 5.41) is 0. The highest BCUT2D eigenvalue weighted by molar-refractivity contribution is 5.85. The predicted octanol–water partition coefficient (Wildman–Crippen LogP) is 3.74. The van der Waals surface area contributed by atoms with Crippen LogP contribution in [0.2, 0.25) is 0 Å². The number of rotatable bonds is 4. The van der Waals surface area contributed by atoms with Gasteiger partial charge in [-0.3, -0.25) is 0 Å². The van der Waals surface area contributed by atoms with E-state index < -0.39 is 0 Å². The lowest BCUT2D eigenvalue weighted by Crippen LogP contribution is -2.22. The van der Waals surface area contributed by atoms with Crippen molar-refractivity contribution >= 4 is 22.5 Å². The van der Waals surface area contributed by atoms with E-state index in [1.54, 1.807) is 0 Å². The molecule has 2 aromatic carbocycles. The fourth-order valence-corrected chi connectivity index (χ4v) is 2.46. The summed E-state index contributed by atoms with van der Waals surface area (Å²) in [6.45, 7) is 5.74. The van der Waals surface area contributed by atoms with Crippen molar-refractivity contribution in [1.82, 2.24) is 4.98 Å². The Morgan fingerprint density at radius 3 is 2.71 bits per heavy atom. The molecule has 0 spiro atoms. The summed E-state index contributed by atoms with van der Waals surface area (Å²) >= 11 is 0. The highest BCUT2D eigenvalue weighted by Crippen LogP contribution is 2.23. The number of benzene rings is 2. The van der Waals surface area contributed by atoms with E-state index in [0.29, 0.717) is 18.1 Å². The van der Waals surface area contributed by atoms with Crippen LogP contribution in [0.4, 0.5) is 11.4 Å². The number of oxazole rings is 1. The number of aryl methyl sites for hydroxylation is 1. The molecule has 0 saturated carbocycles. The Labute approximate surface area is 124 Å². The maximum atomic E-state index is 5.93. The number of aromatic nitrogens is 1. The molecule has 0 radical (unpaired) electrons. The van der Waals surface area contributed by atoms with Crippen LogP contribution in [0.25, 0.3) is 11.1 Å². The van der Waals surface area contributed by atoms with Crippen LogP contribution in [0.3, 0.4) is 0 Å². The molecule has 0 aliphatic rings. The van der Waals surface area contributed by atoms with Crippen molar-refractivity contribution in [2.45, 2.75) is 20.4 Å². The van der Waals surface area contributed by atoms with Gasteiger partial charge in [0.2, 0.25) is 5.89 Å². The zero-order valence-electron chi connectivity index (χ0n) is 12.3. The number of hydrogen-bond donors (Lipinski definition) is 1. The molecule has 0 aliphatic heterocycles. The van der Waals surface area contributed by atoms with Crippen LogP contribution in [0.15, 0.2) is 46.9 Å². The van der Waals surface area contributed by atoms with Gasteiger partial charge in [0.1, 0.15) is 5.52 Å². The molecule has 0 atom stereocenters. The topological polar surface area (TPSA) is 55.3 Å². The largest absolute Gasteiger partial charge is 0.439 e. The summed E-state index contributed by atoms with van der Waals surface area (Å²) < 4.78 is 5.80. The molecule has 21 heavy (non-hydrogen) atoms. The van der Waals surface area contributed by atoms with Gasteiger partial charge in [0, 0.05) is 12.2 Å². The summed E-state index contributed by atoms with van der Waals surface area (Å²) in [6, 6.07) is 14.0. The van der Waals surface area contributed by atoms with E-state index in [9.17, 15) is 0 Å². The first-order chi connectivity index (χ1) is 10.2. The number of nitrogens with zero attached hydrogens (tertiary/aromatic N) is 2.